The molecule has 0 N–H and O–H groups in total. The van der Waals surface area contributed by atoms with E-state index in [1.807, 2.05) is 42.7 Å². The highest BCUT2D eigenvalue weighted by Gasteiger charge is 2.19. The molecule has 4 rings (SSSR count). The molecule has 1 aromatic heterocycles. The molecule has 0 amide bonds. The fraction of sp³-hybridized carbons (Fsp3) is 0.190. The van der Waals surface area contributed by atoms with Crippen molar-refractivity contribution in [1.82, 2.24) is 4.57 Å². The summed E-state index contributed by atoms with van der Waals surface area (Å²) >= 11 is 5.95. The third kappa shape index (κ3) is 3.38. The van der Waals surface area contributed by atoms with Crippen LogP contribution in [0.5, 0.6) is 17.2 Å². The van der Waals surface area contributed by atoms with E-state index >= 15 is 0 Å². The van der Waals surface area contributed by atoms with Gasteiger partial charge < -0.3 is 18.8 Å². The molecule has 2 aromatic carbocycles. The minimum absolute atomic E-state index is 0.0498. The summed E-state index contributed by atoms with van der Waals surface area (Å²) in [6.45, 7) is 4.06. The number of hydrogen-bond acceptors (Lipinski definition) is 4. The van der Waals surface area contributed by atoms with E-state index in [0.29, 0.717) is 22.1 Å². The van der Waals surface area contributed by atoms with E-state index in [1.165, 1.54) is 0 Å². The van der Waals surface area contributed by atoms with Crippen molar-refractivity contribution in [3.8, 4) is 22.9 Å². The average Bonchev–Trinajstić information content (AvgIpc) is 3.23. The predicted octanol–water partition coefficient (Wildman–Crippen LogP) is 4.74. The highest BCUT2D eigenvalue weighted by atomic mass is 35.5. The Morgan fingerprint density at radius 3 is 2.74 bits per heavy atom. The second-order valence-corrected chi connectivity index (χ2v) is 6.76. The molecule has 6 heteroatoms. The van der Waals surface area contributed by atoms with Crippen molar-refractivity contribution >= 4 is 17.4 Å². The Kier molecular flexibility index (Phi) is 4.54. The Labute approximate surface area is 162 Å². The number of hydrogen-bond donors (Lipinski definition) is 0. The molecule has 0 spiro atoms. The second kappa shape index (κ2) is 7.00. The number of aromatic nitrogens is 1. The second-order valence-electron chi connectivity index (χ2n) is 6.33. The van der Waals surface area contributed by atoms with Gasteiger partial charge in [-0.05, 0) is 50.2 Å². The maximum atomic E-state index is 12.7. The first-order chi connectivity index (χ1) is 13.0. The molecule has 0 saturated heterocycles. The van der Waals surface area contributed by atoms with Gasteiger partial charge in [0.2, 0.25) is 12.6 Å². The van der Waals surface area contributed by atoms with Gasteiger partial charge >= 0.3 is 0 Å². The number of aryl methyl sites for hydroxylation is 1. The van der Waals surface area contributed by atoms with Gasteiger partial charge in [-0.15, -0.1) is 0 Å². The number of ketones is 1. The lowest BCUT2D eigenvalue weighted by molar-refractivity contribution is 0.0921. The van der Waals surface area contributed by atoms with Crippen molar-refractivity contribution in [2.45, 2.75) is 13.8 Å². The van der Waals surface area contributed by atoms with Gasteiger partial charge in [0.05, 0.1) is 0 Å². The largest absolute Gasteiger partial charge is 0.485 e. The van der Waals surface area contributed by atoms with Crippen molar-refractivity contribution in [1.29, 1.82) is 0 Å². The molecule has 0 atom stereocenters. The lowest BCUT2D eigenvalue weighted by atomic mass is 10.1. The van der Waals surface area contributed by atoms with Crippen LogP contribution >= 0.6 is 11.6 Å². The van der Waals surface area contributed by atoms with Crippen LogP contribution in [0.25, 0.3) is 5.69 Å². The highest BCUT2D eigenvalue weighted by Crippen LogP contribution is 2.35. The van der Waals surface area contributed by atoms with Gasteiger partial charge in [-0.1, -0.05) is 17.7 Å². The molecule has 0 aliphatic carbocycles. The van der Waals surface area contributed by atoms with E-state index in [4.69, 9.17) is 25.8 Å². The average molecular weight is 384 g/mol. The summed E-state index contributed by atoms with van der Waals surface area (Å²) in [5, 5.41) is 0.570. The minimum atomic E-state index is -0.0879. The van der Waals surface area contributed by atoms with E-state index in [-0.39, 0.29) is 19.2 Å². The summed E-state index contributed by atoms with van der Waals surface area (Å²) in [5.41, 5.74) is 3.36. The summed E-state index contributed by atoms with van der Waals surface area (Å²) < 4.78 is 18.4. The maximum absolute atomic E-state index is 12.7. The van der Waals surface area contributed by atoms with Gasteiger partial charge in [0.1, 0.15) is 5.75 Å². The topological polar surface area (TPSA) is 49.7 Å². The van der Waals surface area contributed by atoms with E-state index in [9.17, 15) is 4.79 Å². The van der Waals surface area contributed by atoms with Crippen molar-refractivity contribution < 1.29 is 19.0 Å². The van der Waals surface area contributed by atoms with Gasteiger partial charge in [0.25, 0.3) is 0 Å². The number of benzene rings is 2. The normalized spacial score (nSPS) is 12.3. The molecule has 1 aliphatic heterocycles. The molecular weight excluding hydrogens is 366 g/mol. The van der Waals surface area contributed by atoms with E-state index < -0.39 is 0 Å². The SMILES string of the molecule is Cc1cc(C(=O)COc2cccc(Cl)c2)c(C)n1-c1ccc2c(c1)OCO2. The number of rotatable bonds is 5. The van der Waals surface area contributed by atoms with Gasteiger partial charge in [-0.25, -0.2) is 0 Å². The van der Waals surface area contributed by atoms with E-state index in [1.54, 1.807) is 24.3 Å². The molecule has 0 bridgehead atoms. The van der Waals surface area contributed by atoms with Crippen LogP contribution < -0.4 is 14.2 Å². The van der Waals surface area contributed by atoms with E-state index in [0.717, 1.165) is 22.8 Å². The number of ether oxygens (including phenoxy) is 3. The van der Waals surface area contributed by atoms with Crippen LogP contribution in [0, 0.1) is 13.8 Å². The zero-order valence-corrected chi connectivity index (χ0v) is 15.7. The molecule has 27 heavy (non-hydrogen) atoms. The Hall–Kier alpha value is -2.92. The highest BCUT2D eigenvalue weighted by molar-refractivity contribution is 6.30. The molecule has 138 valence electrons. The number of Topliss-reactive ketones (excluding diaryl/α,β-unsaturated/α-hetero) is 1. The fourth-order valence-electron chi connectivity index (χ4n) is 3.25. The molecule has 3 aromatic rings. The summed E-state index contributed by atoms with van der Waals surface area (Å²) in [4.78, 5) is 12.7. The first-order valence-electron chi connectivity index (χ1n) is 8.53. The smallest absolute Gasteiger partial charge is 0.231 e. The molecule has 0 fully saturated rings. The third-order valence-corrected chi connectivity index (χ3v) is 4.75. The first kappa shape index (κ1) is 17.5. The fourth-order valence-corrected chi connectivity index (χ4v) is 3.43. The van der Waals surface area contributed by atoms with Gasteiger partial charge in [0, 0.05) is 33.7 Å². The Bertz CT molecular complexity index is 1030. The van der Waals surface area contributed by atoms with Crippen molar-refractivity contribution in [2.24, 2.45) is 0 Å². The molecule has 5 nitrogen and oxygen atoms in total. The third-order valence-electron chi connectivity index (χ3n) is 4.51. The zero-order chi connectivity index (χ0) is 19.0. The first-order valence-corrected chi connectivity index (χ1v) is 8.91. The molecular formula is C21H18ClNO4. The van der Waals surface area contributed by atoms with E-state index in [2.05, 4.69) is 0 Å². The lowest BCUT2D eigenvalue weighted by Crippen LogP contribution is -2.12. The minimum Gasteiger partial charge on any atom is -0.485 e. The van der Waals surface area contributed by atoms with Crippen LogP contribution in [0.15, 0.2) is 48.5 Å². The number of fused-ring (bicyclic) bond motifs is 1. The molecule has 0 radical (unpaired) electrons. The summed E-state index contributed by atoms with van der Waals surface area (Å²) in [5.74, 6) is 1.92. The van der Waals surface area contributed by atoms with Crippen LogP contribution in [-0.2, 0) is 0 Å². The van der Waals surface area contributed by atoms with Gasteiger partial charge in [-0.2, -0.15) is 0 Å². The predicted molar refractivity (Wildman–Crippen MR) is 103 cm³/mol. The lowest BCUT2D eigenvalue weighted by Gasteiger charge is -2.11. The summed E-state index contributed by atoms with van der Waals surface area (Å²) in [6, 6.07) is 14.6. The summed E-state index contributed by atoms with van der Waals surface area (Å²) in [7, 11) is 0. The van der Waals surface area contributed by atoms with Gasteiger partial charge in [-0.3, -0.25) is 4.79 Å². The van der Waals surface area contributed by atoms with Gasteiger partial charge in [0.15, 0.2) is 18.1 Å². The number of carbonyl (C=O) groups excluding carboxylic acids is 1. The van der Waals surface area contributed by atoms with Crippen molar-refractivity contribution in [3.05, 3.63) is 70.5 Å². The molecule has 0 saturated carbocycles. The maximum Gasteiger partial charge on any atom is 0.231 e. The van der Waals surface area contributed by atoms with Crippen molar-refractivity contribution in [2.75, 3.05) is 13.4 Å². The van der Waals surface area contributed by atoms with Crippen LogP contribution in [0.4, 0.5) is 0 Å². The number of carbonyl (C=O) groups is 1. The quantitative estimate of drug-likeness (QED) is 0.597. The Morgan fingerprint density at radius 1 is 1.11 bits per heavy atom. The van der Waals surface area contributed by atoms with Crippen molar-refractivity contribution in [3.63, 3.8) is 0 Å². The number of halogens is 1. The monoisotopic (exact) mass is 383 g/mol. The van der Waals surface area contributed by atoms with Crippen LogP contribution in [0.2, 0.25) is 5.02 Å². The van der Waals surface area contributed by atoms with Crippen LogP contribution in [-0.4, -0.2) is 23.8 Å². The number of nitrogens with zero attached hydrogens (tertiary/aromatic N) is 1. The Balaban J connectivity index is 1.58. The summed E-state index contributed by atoms with van der Waals surface area (Å²) in [6.07, 6.45) is 0. The Morgan fingerprint density at radius 2 is 1.93 bits per heavy atom. The molecule has 0 unspecified atom stereocenters. The zero-order valence-electron chi connectivity index (χ0n) is 15.0. The van der Waals surface area contributed by atoms with Crippen LogP contribution in [0.3, 0.4) is 0 Å². The molecule has 2 heterocycles. The standard InChI is InChI=1S/C21H18ClNO4/c1-13-8-18(19(24)11-25-17-5-3-4-15(22)9-17)14(2)23(13)16-6-7-20-21(10-16)27-12-26-20/h3-10H,11-12H2,1-2H3. The van der Waals surface area contributed by atoms with Crippen LogP contribution in [0.1, 0.15) is 21.7 Å². The molecule has 1 aliphatic rings.